The first kappa shape index (κ1) is 13.2. The molecule has 4 nitrogen and oxygen atoms in total. The van der Waals surface area contributed by atoms with Gasteiger partial charge < -0.3 is 9.64 Å². The summed E-state index contributed by atoms with van der Waals surface area (Å²) in [6.45, 7) is 2.67. The summed E-state index contributed by atoms with van der Waals surface area (Å²) in [7, 11) is 1.69. The Hall–Kier alpha value is -1.86. The van der Waals surface area contributed by atoms with Gasteiger partial charge in [-0.15, -0.1) is 0 Å². The van der Waals surface area contributed by atoms with E-state index in [4.69, 9.17) is 10.00 Å². The standard InChI is InChI=1S/C13H16N2O2/c1-3-8-17-10-13(16)15(2)12-6-4-11(9-14)5-7-12/h4-7H,3,8,10H2,1-2H3. The molecular weight excluding hydrogens is 216 g/mol. The van der Waals surface area contributed by atoms with Gasteiger partial charge in [0.25, 0.3) is 5.91 Å². The van der Waals surface area contributed by atoms with Crippen LogP contribution < -0.4 is 4.90 Å². The van der Waals surface area contributed by atoms with Gasteiger partial charge in [-0.2, -0.15) is 5.26 Å². The van der Waals surface area contributed by atoms with Crippen molar-refractivity contribution in [1.82, 2.24) is 0 Å². The van der Waals surface area contributed by atoms with E-state index in [1.54, 1.807) is 31.3 Å². The quantitative estimate of drug-likeness (QED) is 0.729. The third-order valence-electron chi connectivity index (χ3n) is 2.33. The number of rotatable bonds is 5. The van der Waals surface area contributed by atoms with Crippen molar-refractivity contribution in [3.63, 3.8) is 0 Å². The van der Waals surface area contributed by atoms with Crippen LogP contribution in [0.3, 0.4) is 0 Å². The van der Waals surface area contributed by atoms with Crippen LogP contribution in [0.4, 0.5) is 5.69 Å². The summed E-state index contributed by atoms with van der Waals surface area (Å²) in [5, 5.41) is 8.67. The van der Waals surface area contributed by atoms with Gasteiger partial charge in [-0.25, -0.2) is 0 Å². The normalized spacial score (nSPS) is 9.71. The summed E-state index contributed by atoms with van der Waals surface area (Å²) in [5.41, 5.74) is 1.34. The molecule has 0 aromatic heterocycles. The minimum absolute atomic E-state index is 0.0876. The Bertz CT molecular complexity index is 406. The molecule has 0 radical (unpaired) electrons. The smallest absolute Gasteiger partial charge is 0.252 e. The first-order chi connectivity index (χ1) is 8.19. The van der Waals surface area contributed by atoms with Gasteiger partial charge >= 0.3 is 0 Å². The molecule has 17 heavy (non-hydrogen) atoms. The first-order valence-electron chi connectivity index (χ1n) is 5.53. The lowest BCUT2D eigenvalue weighted by Crippen LogP contribution is -2.30. The highest BCUT2D eigenvalue weighted by molar-refractivity contribution is 5.93. The molecule has 0 N–H and O–H groups in total. The molecule has 1 aromatic carbocycles. The maximum Gasteiger partial charge on any atom is 0.252 e. The van der Waals surface area contributed by atoms with Crippen LogP contribution in [0, 0.1) is 11.3 Å². The fourth-order valence-corrected chi connectivity index (χ4v) is 1.30. The van der Waals surface area contributed by atoms with Crippen LogP contribution in [0.1, 0.15) is 18.9 Å². The molecule has 0 aliphatic heterocycles. The van der Waals surface area contributed by atoms with Crippen LogP contribution in [0.15, 0.2) is 24.3 Å². The van der Waals surface area contributed by atoms with E-state index in [-0.39, 0.29) is 12.5 Å². The molecule has 0 fully saturated rings. The number of amides is 1. The summed E-state index contributed by atoms with van der Waals surface area (Å²) >= 11 is 0. The molecule has 1 rings (SSSR count). The van der Waals surface area contributed by atoms with Crippen LogP contribution in [0.2, 0.25) is 0 Å². The van der Waals surface area contributed by atoms with E-state index in [2.05, 4.69) is 0 Å². The van der Waals surface area contributed by atoms with Gasteiger partial charge in [-0.05, 0) is 30.7 Å². The lowest BCUT2D eigenvalue weighted by molar-refractivity contribution is -0.122. The molecule has 0 atom stereocenters. The second-order valence-corrected chi connectivity index (χ2v) is 3.66. The molecule has 4 heteroatoms. The maximum atomic E-state index is 11.7. The van der Waals surface area contributed by atoms with Crippen LogP contribution in [-0.4, -0.2) is 26.2 Å². The lowest BCUT2D eigenvalue weighted by Gasteiger charge is -2.17. The molecule has 1 aromatic rings. The fraction of sp³-hybridized carbons (Fsp3) is 0.385. The second-order valence-electron chi connectivity index (χ2n) is 3.66. The summed E-state index contributed by atoms with van der Waals surface area (Å²) < 4.78 is 5.19. The van der Waals surface area contributed by atoms with Crippen molar-refractivity contribution >= 4 is 11.6 Å². The molecule has 0 saturated carbocycles. The number of hydrogen-bond acceptors (Lipinski definition) is 3. The molecule has 0 spiro atoms. The third-order valence-corrected chi connectivity index (χ3v) is 2.33. The fourth-order valence-electron chi connectivity index (χ4n) is 1.30. The highest BCUT2D eigenvalue weighted by Gasteiger charge is 2.10. The minimum Gasteiger partial charge on any atom is -0.372 e. The van der Waals surface area contributed by atoms with Gasteiger partial charge in [0.05, 0.1) is 11.6 Å². The number of likely N-dealkylation sites (N-methyl/N-ethyl adjacent to an activating group) is 1. The highest BCUT2D eigenvalue weighted by atomic mass is 16.5. The monoisotopic (exact) mass is 232 g/mol. The Morgan fingerprint density at radius 2 is 2.06 bits per heavy atom. The second kappa shape index (κ2) is 6.66. The van der Waals surface area contributed by atoms with Crippen LogP contribution in [0.25, 0.3) is 0 Å². The van der Waals surface area contributed by atoms with Gasteiger partial charge in [-0.1, -0.05) is 6.92 Å². The molecule has 0 bridgehead atoms. The topological polar surface area (TPSA) is 53.3 Å². The predicted octanol–water partition coefficient (Wildman–Crippen LogP) is 1.95. The molecular formula is C13H16N2O2. The van der Waals surface area contributed by atoms with Crippen molar-refractivity contribution in [3.05, 3.63) is 29.8 Å². The lowest BCUT2D eigenvalue weighted by atomic mass is 10.2. The van der Waals surface area contributed by atoms with Gasteiger partial charge in [0.1, 0.15) is 6.61 Å². The Morgan fingerprint density at radius 1 is 1.41 bits per heavy atom. The Morgan fingerprint density at radius 3 is 2.59 bits per heavy atom. The largest absolute Gasteiger partial charge is 0.372 e. The average Bonchev–Trinajstić information content (AvgIpc) is 2.38. The third kappa shape index (κ3) is 3.89. The zero-order valence-corrected chi connectivity index (χ0v) is 10.1. The predicted molar refractivity (Wildman–Crippen MR) is 65.7 cm³/mol. The number of ether oxygens (including phenoxy) is 1. The Kier molecular flexibility index (Phi) is 5.18. The van der Waals surface area contributed by atoms with Gasteiger partial charge in [0.2, 0.25) is 0 Å². The number of hydrogen-bond donors (Lipinski definition) is 0. The zero-order chi connectivity index (χ0) is 12.7. The number of anilines is 1. The van der Waals surface area contributed by atoms with Gasteiger partial charge in [0, 0.05) is 19.3 Å². The summed E-state index contributed by atoms with van der Waals surface area (Å²) in [6, 6.07) is 8.90. The van der Waals surface area contributed by atoms with Crippen molar-refractivity contribution in [2.45, 2.75) is 13.3 Å². The first-order valence-corrected chi connectivity index (χ1v) is 5.53. The molecule has 1 amide bonds. The number of carbonyl (C=O) groups is 1. The molecule has 0 aliphatic rings. The zero-order valence-electron chi connectivity index (χ0n) is 10.1. The molecule has 0 aliphatic carbocycles. The number of nitrogens with zero attached hydrogens (tertiary/aromatic N) is 2. The van der Waals surface area contributed by atoms with Crippen LogP contribution in [-0.2, 0) is 9.53 Å². The number of nitriles is 1. The summed E-state index contributed by atoms with van der Waals surface area (Å²) in [5.74, 6) is -0.0943. The van der Waals surface area contributed by atoms with E-state index in [0.29, 0.717) is 12.2 Å². The molecule has 90 valence electrons. The van der Waals surface area contributed by atoms with E-state index in [1.807, 2.05) is 13.0 Å². The van der Waals surface area contributed by atoms with Crippen molar-refractivity contribution < 1.29 is 9.53 Å². The minimum atomic E-state index is -0.0943. The van der Waals surface area contributed by atoms with Crippen molar-refractivity contribution in [3.8, 4) is 6.07 Å². The summed E-state index contributed by atoms with van der Waals surface area (Å²) in [4.78, 5) is 13.2. The molecule has 0 unspecified atom stereocenters. The SMILES string of the molecule is CCCOCC(=O)N(C)c1ccc(C#N)cc1. The van der Waals surface area contributed by atoms with Crippen molar-refractivity contribution in [1.29, 1.82) is 5.26 Å². The van der Waals surface area contributed by atoms with Gasteiger partial charge in [0.15, 0.2) is 0 Å². The molecule has 0 saturated heterocycles. The van der Waals surface area contributed by atoms with E-state index in [9.17, 15) is 4.79 Å². The Balaban J connectivity index is 2.59. The van der Waals surface area contributed by atoms with E-state index in [1.165, 1.54) is 4.90 Å². The van der Waals surface area contributed by atoms with Gasteiger partial charge in [-0.3, -0.25) is 4.79 Å². The van der Waals surface area contributed by atoms with Crippen molar-refractivity contribution in [2.24, 2.45) is 0 Å². The number of benzene rings is 1. The average molecular weight is 232 g/mol. The van der Waals surface area contributed by atoms with Crippen molar-refractivity contribution in [2.75, 3.05) is 25.2 Å². The van der Waals surface area contributed by atoms with E-state index >= 15 is 0 Å². The van der Waals surface area contributed by atoms with E-state index in [0.717, 1.165) is 12.1 Å². The summed E-state index contributed by atoms with van der Waals surface area (Å²) in [6.07, 6.45) is 0.897. The maximum absolute atomic E-state index is 11.7. The van der Waals surface area contributed by atoms with Crippen LogP contribution >= 0.6 is 0 Å². The number of carbonyl (C=O) groups excluding carboxylic acids is 1. The Labute approximate surface area is 101 Å². The van der Waals surface area contributed by atoms with E-state index < -0.39 is 0 Å². The van der Waals surface area contributed by atoms with Crippen LogP contribution in [0.5, 0.6) is 0 Å². The molecule has 0 heterocycles. The highest BCUT2D eigenvalue weighted by Crippen LogP contribution is 2.13.